The van der Waals surface area contributed by atoms with Crippen molar-refractivity contribution in [1.82, 2.24) is 15.3 Å². The Morgan fingerprint density at radius 1 is 1.23 bits per heavy atom. The van der Waals surface area contributed by atoms with Gasteiger partial charge in [0.1, 0.15) is 5.01 Å². The smallest absolute Gasteiger partial charge is 0.253 e. The molecule has 3 rings (SSSR count). The lowest BCUT2D eigenvalue weighted by molar-refractivity contribution is 0.0950. The Balaban J connectivity index is 1.63. The van der Waals surface area contributed by atoms with Gasteiger partial charge in [-0.25, -0.2) is 4.98 Å². The molecule has 5 heteroatoms. The third-order valence-electron chi connectivity index (χ3n) is 3.20. The van der Waals surface area contributed by atoms with Crippen molar-refractivity contribution in [1.29, 1.82) is 0 Å². The van der Waals surface area contributed by atoms with Gasteiger partial charge in [0.2, 0.25) is 0 Å². The second kappa shape index (κ2) is 6.49. The van der Waals surface area contributed by atoms with E-state index in [9.17, 15) is 4.79 Å². The first-order chi connectivity index (χ1) is 10.7. The molecule has 1 amide bonds. The number of aromatic nitrogens is 2. The lowest BCUT2D eigenvalue weighted by Gasteiger charge is -2.05. The van der Waals surface area contributed by atoms with Gasteiger partial charge in [0, 0.05) is 35.6 Å². The lowest BCUT2D eigenvalue weighted by Crippen LogP contribution is -2.22. The molecule has 1 aromatic carbocycles. The van der Waals surface area contributed by atoms with E-state index >= 15 is 0 Å². The zero-order valence-corrected chi connectivity index (χ0v) is 12.9. The van der Waals surface area contributed by atoms with Gasteiger partial charge in [-0.3, -0.25) is 9.78 Å². The van der Waals surface area contributed by atoms with Gasteiger partial charge in [0.15, 0.2) is 0 Å². The minimum Gasteiger partial charge on any atom is -0.348 e. The summed E-state index contributed by atoms with van der Waals surface area (Å²) in [5, 5.41) is 5.94. The van der Waals surface area contributed by atoms with Gasteiger partial charge in [-0.2, -0.15) is 0 Å². The molecule has 4 nitrogen and oxygen atoms in total. The first-order valence-corrected chi connectivity index (χ1v) is 7.80. The van der Waals surface area contributed by atoms with Crippen molar-refractivity contribution in [2.75, 3.05) is 0 Å². The molecule has 22 heavy (non-hydrogen) atoms. The topological polar surface area (TPSA) is 54.9 Å². The van der Waals surface area contributed by atoms with Crippen molar-refractivity contribution in [3.8, 4) is 10.6 Å². The predicted molar refractivity (Wildman–Crippen MR) is 87.7 cm³/mol. The largest absolute Gasteiger partial charge is 0.348 e. The van der Waals surface area contributed by atoms with Crippen LogP contribution in [0.3, 0.4) is 0 Å². The average Bonchev–Trinajstić information content (AvgIpc) is 3.00. The number of carbonyl (C=O) groups excluding carboxylic acids is 1. The maximum atomic E-state index is 11.9. The van der Waals surface area contributed by atoms with Crippen molar-refractivity contribution < 1.29 is 4.79 Å². The highest BCUT2D eigenvalue weighted by atomic mass is 32.1. The zero-order valence-electron chi connectivity index (χ0n) is 12.1. The summed E-state index contributed by atoms with van der Waals surface area (Å²) in [5.74, 6) is -0.118. The maximum absolute atomic E-state index is 11.9. The van der Waals surface area contributed by atoms with E-state index in [-0.39, 0.29) is 5.91 Å². The fraction of sp³-hybridized carbons (Fsp3) is 0.118. The van der Waals surface area contributed by atoms with Gasteiger partial charge in [-0.05, 0) is 24.6 Å². The van der Waals surface area contributed by atoms with Crippen molar-refractivity contribution in [3.63, 3.8) is 0 Å². The number of hydrogen-bond acceptors (Lipinski definition) is 4. The second-order valence-corrected chi connectivity index (χ2v) is 5.77. The van der Waals surface area contributed by atoms with Crippen LogP contribution in [-0.2, 0) is 6.54 Å². The van der Waals surface area contributed by atoms with E-state index in [1.807, 2.05) is 36.6 Å². The maximum Gasteiger partial charge on any atom is 0.253 e. The number of aryl methyl sites for hydroxylation is 1. The standard InChI is InChI=1S/C17H15N3OS/c1-12-11-22-17(20-12)14-6-4-13(5-7-14)9-19-16(21)15-3-2-8-18-10-15/h2-8,10-11H,9H2,1H3,(H,19,21). The van der Waals surface area contributed by atoms with E-state index in [1.165, 1.54) is 0 Å². The molecule has 0 bridgehead atoms. The Bertz CT molecular complexity index is 766. The number of benzene rings is 1. The third-order valence-corrected chi connectivity index (χ3v) is 4.21. The van der Waals surface area contributed by atoms with Gasteiger partial charge in [-0.1, -0.05) is 24.3 Å². The summed E-state index contributed by atoms with van der Waals surface area (Å²) in [7, 11) is 0. The van der Waals surface area contributed by atoms with Gasteiger partial charge in [-0.15, -0.1) is 11.3 Å². The molecule has 0 atom stereocenters. The van der Waals surface area contributed by atoms with E-state index in [0.717, 1.165) is 21.8 Å². The quantitative estimate of drug-likeness (QED) is 0.803. The minimum absolute atomic E-state index is 0.118. The highest BCUT2D eigenvalue weighted by Gasteiger charge is 2.06. The summed E-state index contributed by atoms with van der Waals surface area (Å²) in [6, 6.07) is 11.6. The van der Waals surface area contributed by atoms with Crippen LogP contribution < -0.4 is 5.32 Å². The molecule has 0 saturated carbocycles. The number of amides is 1. The number of thiazole rings is 1. The number of rotatable bonds is 4. The number of pyridine rings is 1. The van der Waals surface area contributed by atoms with Crippen molar-refractivity contribution in [2.45, 2.75) is 13.5 Å². The Labute approximate surface area is 132 Å². The molecule has 110 valence electrons. The first kappa shape index (κ1) is 14.4. The number of nitrogens with zero attached hydrogens (tertiary/aromatic N) is 2. The monoisotopic (exact) mass is 309 g/mol. The molecule has 0 saturated heterocycles. The molecule has 0 spiro atoms. The van der Waals surface area contributed by atoms with Gasteiger partial charge < -0.3 is 5.32 Å². The molecule has 0 unspecified atom stereocenters. The summed E-state index contributed by atoms with van der Waals surface area (Å²) in [6.07, 6.45) is 3.21. The average molecular weight is 309 g/mol. The zero-order chi connectivity index (χ0) is 15.4. The van der Waals surface area contributed by atoms with Crippen LogP contribution >= 0.6 is 11.3 Å². The highest BCUT2D eigenvalue weighted by Crippen LogP contribution is 2.23. The van der Waals surface area contributed by atoms with Crippen LogP contribution in [0.4, 0.5) is 0 Å². The number of nitrogens with one attached hydrogen (secondary N) is 1. The van der Waals surface area contributed by atoms with Crippen LogP contribution in [0.5, 0.6) is 0 Å². The predicted octanol–water partition coefficient (Wildman–Crippen LogP) is 3.44. The summed E-state index contributed by atoms with van der Waals surface area (Å²) < 4.78 is 0. The van der Waals surface area contributed by atoms with Gasteiger partial charge >= 0.3 is 0 Å². The van der Waals surface area contributed by atoms with Crippen molar-refractivity contribution in [3.05, 3.63) is 71.0 Å². The van der Waals surface area contributed by atoms with Crippen LogP contribution in [0.2, 0.25) is 0 Å². The van der Waals surface area contributed by atoms with E-state index in [0.29, 0.717) is 12.1 Å². The molecule has 2 aromatic heterocycles. The Morgan fingerprint density at radius 3 is 2.68 bits per heavy atom. The van der Waals surface area contributed by atoms with Crippen LogP contribution in [0.25, 0.3) is 10.6 Å². The Morgan fingerprint density at radius 2 is 2.05 bits per heavy atom. The van der Waals surface area contributed by atoms with Crippen LogP contribution in [0.1, 0.15) is 21.6 Å². The highest BCUT2D eigenvalue weighted by molar-refractivity contribution is 7.13. The molecule has 0 radical (unpaired) electrons. The minimum atomic E-state index is -0.118. The summed E-state index contributed by atoms with van der Waals surface area (Å²) >= 11 is 1.64. The van der Waals surface area contributed by atoms with Crippen LogP contribution in [0, 0.1) is 6.92 Å². The fourth-order valence-corrected chi connectivity index (χ4v) is 2.84. The number of carbonyl (C=O) groups is 1. The molecular weight excluding hydrogens is 294 g/mol. The Kier molecular flexibility index (Phi) is 4.25. The molecule has 2 heterocycles. The first-order valence-electron chi connectivity index (χ1n) is 6.92. The van der Waals surface area contributed by atoms with Crippen molar-refractivity contribution >= 4 is 17.2 Å². The fourth-order valence-electron chi connectivity index (χ4n) is 2.03. The van der Waals surface area contributed by atoms with Gasteiger partial charge in [0.25, 0.3) is 5.91 Å². The molecule has 0 aliphatic carbocycles. The van der Waals surface area contributed by atoms with Crippen LogP contribution in [-0.4, -0.2) is 15.9 Å². The Hall–Kier alpha value is -2.53. The molecule has 0 fully saturated rings. The molecule has 3 aromatic rings. The van der Waals surface area contributed by atoms with E-state index in [2.05, 4.69) is 15.3 Å². The molecular formula is C17H15N3OS. The van der Waals surface area contributed by atoms with Gasteiger partial charge in [0.05, 0.1) is 5.56 Å². The second-order valence-electron chi connectivity index (χ2n) is 4.92. The van der Waals surface area contributed by atoms with E-state index in [4.69, 9.17) is 0 Å². The number of hydrogen-bond donors (Lipinski definition) is 1. The summed E-state index contributed by atoms with van der Waals surface area (Å²) in [6.45, 7) is 2.48. The molecule has 0 aliphatic heterocycles. The van der Waals surface area contributed by atoms with E-state index in [1.54, 1.807) is 35.9 Å². The normalized spacial score (nSPS) is 10.4. The van der Waals surface area contributed by atoms with Crippen molar-refractivity contribution in [2.24, 2.45) is 0 Å². The summed E-state index contributed by atoms with van der Waals surface area (Å²) in [4.78, 5) is 20.4. The molecule has 0 aliphatic rings. The lowest BCUT2D eigenvalue weighted by atomic mass is 10.1. The summed E-state index contributed by atoms with van der Waals surface area (Å²) in [5.41, 5.74) is 3.75. The molecule has 1 N–H and O–H groups in total. The van der Waals surface area contributed by atoms with E-state index < -0.39 is 0 Å². The van der Waals surface area contributed by atoms with Crippen LogP contribution in [0.15, 0.2) is 54.2 Å². The SMILES string of the molecule is Cc1csc(-c2ccc(CNC(=O)c3cccnc3)cc2)n1. The third kappa shape index (κ3) is 3.38.